The van der Waals surface area contributed by atoms with Gasteiger partial charge in [-0.1, -0.05) is 60.7 Å². The van der Waals surface area contributed by atoms with Gasteiger partial charge in [-0.2, -0.15) is 0 Å². The number of hydrogen-bond acceptors (Lipinski definition) is 7. The van der Waals surface area contributed by atoms with Crippen LogP contribution in [0.4, 0.5) is 0 Å². The van der Waals surface area contributed by atoms with Crippen molar-refractivity contribution in [2.75, 3.05) is 6.61 Å². The maximum atomic E-state index is 11.2. The van der Waals surface area contributed by atoms with Crippen LogP contribution in [0.15, 0.2) is 60.7 Å². The second-order valence-electron chi connectivity index (χ2n) is 6.88. The van der Waals surface area contributed by atoms with Crippen LogP contribution in [0.1, 0.15) is 18.1 Å². The second-order valence-corrected chi connectivity index (χ2v) is 6.88. The predicted molar refractivity (Wildman–Crippen MR) is 104 cm³/mol. The van der Waals surface area contributed by atoms with E-state index in [9.17, 15) is 15.0 Å². The molecule has 2 aromatic carbocycles. The fraction of sp³-hybridized carbons (Fsp3) is 0.409. The smallest absolute Gasteiger partial charge is 0.302 e. The summed E-state index contributed by atoms with van der Waals surface area (Å²) in [6.07, 6.45) is -5.25. The third kappa shape index (κ3) is 6.09. The van der Waals surface area contributed by atoms with E-state index in [-0.39, 0.29) is 19.8 Å². The van der Waals surface area contributed by atoms with Crippen molar-refractivity contribution in [1.82, 2.24) is 0 Å². The van der Waals surface area contributed by atoms with Gasteiger partial charge in [-0.3, -0.25) is 4.79 Å². The molecule has 29 heavy (non-hydrogen) atoms. The van der Waals surface area contributed by atoms with E-state index in [4.69, 9.17) is 18.9 Å². The van der Waals surface area contributed by atoms with Crippen molar-refractivity contribution in [2.24, 2.45) is 0 Å². The van der Waals surface area contributed by atoms with Gasteiger partial charge in [0.05, 0.1) is 13.2 Å². The largest absolute Gasteiger partial charge is 0.463 e. The number of aliphatic hydroxyl groups is 2. The van der Waals surface area contributed by atoms with Crippen LogP contribution in [-0.4, -0.2) is 53.5 Å². The highest BCUT2D eigenvalue weighted by atomic mass is 16.7. The second kappa shape index (κ2) is 10.5. The van der Waals surface area contributed by atoms with E-state index in [2.05, 4.69) is 0 Å². The Morgan fingerprint density at radius 2 is 1.41 bits per heavy atom. The molecule has 5 atom stereocenters. The lowest BCUT2D eigenvalue weighted by Gasteiger charge is -2.42. The van der Waals surface area contributed by atoms with Gasteiger partial charge in [0.2, 0.25) is 0 Å². The van der Waals surface area contributed by atoms with E-state index in [1.54, 1.807) is 0 Å². The van der Waals surface area contributed by atoms with Gasteiger partial charge < -0.3 is 29.2 Å². The number of aliphatic hydroxyl groups excluding tert-OH is 2. The van der Waals surface area contributed by atoms with Crippen molar-refractivity contribution >= 4 is 5.97 Å². The molecule has 2 aromatic rings. The summed E-state index contributed by atoms with van der Waals surface area (Å²) < 4.78 is 22.2. The molecule has 1 unspecified atom stereocenters. The molecular weight excluding hydrogens is 376 g/mol. The quantitative estimate of drug-likeness (QED) is 0.650. The molecular formula is C22H26O7. The summed E-state index contributed by atoms with van der Waals surface area (Å²) in [5.74, 6) is -0.484. The van der Waals surface area contributed by atoms with Crippen LogP contribution in [0, 0.1) is 0 Å². The van der Waals surface area contributed by atoms with Crippen LogP contribution in [0.2, 0.25) is 0 Å². The number of benzene rings is 2. The molecule has 2 N–H and O–H groups in total. The first-order valence-corrected chi connectivity index (χ1v) is 9.50. The van der Waals surface area contributed by atoms with Crippen LogP contribution in [-0.2, 0) is 37.0 Å². The first-order chi connectivity index (χ1) is 14.0. The maximum absolute atomic E-state index is 11.2. The van der Waals surface area contributed by atoms with Crippen molar-refractivity contribution in [1.29, 1.82) is 0 Å². The molecule has 1 fully saturated rings. The van der Waals surface area contributed by atoms with Gasteiger partial charge in [0.15, 0.2) is 6.29 Å². The molecule has 0 aromatic heterocycles. The first kappa shape index (κ1) is 21.4. The van der Waals surface area contributed by atoms with Crippen LogP contribution in [0.25, 0.3) is 0 Å². The first-order valence-electron chi connectivity index (χ1n) is 9.50. The zero-order valence-corrected chi connectivity index (χ0v) is 16.2. The van der Waals surface area contributed by atoms with Gasteiger partial charge in [-0.15, -0.1) is 0 Å². The van der Waals surface area contributed by atoms with Crippen molar-refractivity contribution in [3.8, 4) is 0 Å². The molecule has 0 radical (unpaired) electrons. The molecule has 1 saturated heterocycles. The van der Waals surface area contributed by atoms with E-state index >= 15 is 0 Å². The van der Waals surface area contributed by atoms with Gasteiger partial charge in [0.25, 0.3) is 0 Å². The van der Waals surface area contributed by atoms with E-state index < -0.39 is 36.7 Å². The normalized spacial score (nSPS) is 26.8. The molecule has 0 aliphatic carbocycles. The Kier molecular flexibility index (Phi) is 7.74. The minimum absolute atomic E-state index is 0.145. The fourth-order valence-corrected chi connectivity index (χ4v) is 3.16. The molecule has 0 bridgehead atoms. The van der Waals surface area contributed by atoms with E-state index in [1.807, 2.05) is 60.7 Å². The minimum atomic E-state index is -1.38. The summed E-state index contributed by atoms with van der Waals surface area (Å²) in [6, 6.07) is 18.9. The van der Waals surface area contributed by atoms with Gasteiger partial charge in [-0.05, 0) is 11.1 Å². The molecule has 0 saturated carbocycles. The lowest BCUT2D eigenvalue weighted by Crippen LogP contribution is -2.60. The summed E-state index contributed by atoms with van der Waals surface area (Å²) in [5.41, 5.74) is 1.81. The number of carbonyl (C=O) groups is 1. The predicted octanol–water partition coefficient (Wildman–Crippen LogP) is 1.80. The zero-order chi connectivity index (χ0) is 20.6. The Labute approximate surface area is 169 Å². The number of hydrogen-bond donors (Lipinski definition) is 2. The Balaban J connectivity index is 1.68. The lowest BCUT2D eigenvalue weighted by molar-refractivity contribution is -0.307. The molecule has 156 valence electrons. The van der Waals surface area contributed by atoms with E-state index in [1.165, 1.54) is 6.92 Å². The third-order valence-electron chi connectivity index (χ3n) is 4.66. The topological polar surface area (TPSA) is 94.5 Å². The summed E-state index contributed by atoms with van der Waals surface area (Å²) >= 11 is 0. The van der Waals surface area contributed by atoms with E-state index in [0.29, 0.717) is 0 Å². The Morgan fingerprint density at radius 1 is 0.897 bits per heavy atom. The van der Waals surface area contributed by atoms with Crippen LogP contribution in [0.3, 0.4) is 0 Å². The highest BCUT2D eigenvalue weighted by Gasteiger charge is 2.46. The molecule has 1 aliphatic heterocycles. The van der Waals surface area contributed by atoms with Crippen molar-refractivity contribution < 1.29 is 34.0 Å². The Hall–Kier alpha value is -2.29. The Morgan fingerprint density at radius 3 is 1.93 bits per heavy atom. The summed E-state index contributed by atoms with van der Waals surface area (Å²) in [4.78, 5) is 11.2. The number of rotatable bonds is 8. The van der Waals surface area contributed by atoms with Crippen molar-refractivity contribution in [2.45, 2.75) is 50.8 Å². The monoisotopic (exact) mass is 402 g/mol. The average Bonchev–Trinajstić information content (AvgIpc) is 2.73. The summed E-state index contributed by atoms with van der Waals surface area (Å²) in [7, 11) is 0. The van der Waals surface area contributed by atoms with E-state index in [0.717, 1.165) is 11.1 Å². The molecule has 1 heterocycles. The van der Waals surface area contributed by atoms with Crippen LogP contribution >= 0.6 is 0 Å². The molecule has 3 rings (SSSR count). The highest BCUT2D eigenvalue weighted by molar-refractivity contribution is 5.65. The standard InChI is InChI=1S/C22H26O7/c1-15(23)26-14-18-20(27-12-16-8-4-2-5-9-16)19(24)21(22(25)29-18)28-13-17-10-6-3-7-11-17/h2-11,18-22,24-25H,12-14H2,1H3/t18-,19+,20-,21-,22?/m0/s1. The van der Waals surface area contributed by atoms with Gasteiger partial charge in [-0.25, -0.2) is 0 Å². The van der Waals surface area contributed by atoms with Gasteiger partial charge in [0, 0.05) is 6.92 Å². The van der Waals surface area contributed by atoms with Crippen LogP contribution in [0.5, 0.6) is 0 Å². The molecule has 0 amide bonds. The average molecular weight is 402 g/mol. The van der Waals surface area contributed by atoms with Gasteiger partial charge >= 0.3 is 5.97 Å². The number of ether oxygens (including phenoxy) is 4. The number of esters is 1. The molecule has 0 spiro atoms. The fourth-order valence-electron chi connectivity index (χ4n) is 3.16. The lowest BCUT2D eigenvalue weighted by atomic mass is 9.98. The van der Waals surface area contributed by atoms with Crippen LogP contribution < -0.4 is 0 Å². The Bertz CT molecular complexity index is 752. The summed E-state index contributed by atoms with van der Waals surface area (Å²) in [5, 5.41) is 21.2. The molecule has 1 aliphatic rings. The SMILES string of the molecule is CC(=O)OC[C@@H]1OC(O)[C@@H](OCc2ccccc2)[C@H](O)[C@H]1OCc1ccccc1. The highest BCUT2D eigenvalue weighted by Crippen LogP contribution is 2.26. The third-order valence-corrected chi connectivity index (χ3v) is 4.66. The molecule has 7 nitrogen and oxygen atoms in total. The van der Waals surface area contributed by atoms with Crippen molar-refractivity contribution in [3.63, 3.8) is 0 Å². The number of carbonyl (C=O) groups excluding carboxylic acids is 1. The molecule has 7 heteroatoms. The maximum Gasteiger partial charge on any atom is 0.302 e. The zero-order valence-electron chi connectivity index (χ0n) is 16.2. The van der Waals surface area contributed by atoms with Crippen molar-refractivity contribution in [3.05, 3.63) is 71.8 Å². The summed E-state index contributed by atoms with van der Waals surface area (Å²) in [6.45, 7) is 1.56. The van der Waals surface area contributed by atoms with Gasteiger partial charge in [0.1, 0.15) is 31.0 Å². The minimum Gasteiger partial charge on any atom is -0.463 e.